The number of aryl methyl sites for hydroxylation is 1. The van der Waals surface area contributed by atoms with Gasteiger partial charge in [0.05, 0.1) is 7.11 Å². The summed E-state index contributed by atoms with van der Waals surface area (Å²) in [5.41, 5.74) is 2.07. The van der Waals surface area contributed by atoms with Crippen LogP contribution in [0.5, 0.6) is 11.5 Å². The van der Waals surface area contributed by atoms with Crippen LogP contribution in [0.2, 0.25) is 0 Å². The van der Waals surface area contributed by atoms with Gasteiger partial charge in [-0.15, -0.1) is 0 Å². The minimum absolute atomic E-state index is 0.0718. The van der Waals surface area contributed by atoms with E-state index < -0.39 is 6.10 Å². The van der Waals surface area contributed by atoms with Gasteiger partial charge < -0.3 is 14.4 Å². The van der Waals surface area contributed by atoms with Crippen molar-refractivity contribution < 1.29 is 14.3 Å². The molecule has 0 aromatic heterocycles. The van der Waals surface area contributed by atoms with Gasteiger partial charge >= 0.3 is 0 Å². The first-order valence-electron chi connectivity index (χ1n) is 7.61. The Labute approximate surface area is 137 Å². The molecule has 0 saturated carbocycles. The molecule has 4 nitrogen and oxygen atoms in total. The van der Waals surface area contributed by atoms with Gasteiger partial charge in [0.2, 0.25) is 0 Å². The third-order valence-electron chi connectivity index (χ3n) is 3.63. The third kappa shape index (κ3) is 4.49. The van der Waals surface area contributed by atoms with E-state index in [1.165, 1.54) is 0 Å². The highest BCUT2D eigenvalue weighted by molar-refractivity contribution is 5.80. The van der Waals surface area contributed by atoms with E-state index in [4.69, 9.17) is 9.47 Å². The monoisotopic (exact) mass is 313 g/mol. The summed E-state index contributed by atoms with van der Waals surface area (Å²) in [6.07, 6.45) is -0.545. The smallest absolute Gasteiger partial charge is 0.263 e. The molecule has 122 valence electrons. The average Bonchev–Trinajstić information content (AvgIpc) is 2.54. The highest BCUT2D eigenvalue weighted by Crippen LogP contribution is 2.20. The average molecular weight is 313 g/mol. The van der Waals surface area contributed by atoms with E-state index in [9.17, 15) is 4.79 Å². The van der Waals surface area contributed by atoms with Crippen LogP contribution < -0.4 is 9.47 Å². The molecule has 2 aromatic carbocycles. The Hall–Kier alpha value is -2.49. The standard InChI is InChI=1S/C19H23NO3/c1-14-8-7-10-17(12-14)23-15(2)19(21)20(3)13-16-9-5-6-11-18(16)22-4/h5-12,15H,13H2,1-4H3/t15-/m0/s1. The van der Waals surface area contributed by atoms with Gasteiger partial charge in [0.25, 0.3) is 5.91 Å². The molecule has 0 heterocycles. The van der Waals surface area contributed by atoms with Crippen molar-refractivity contribution in [1.29, 1.82) is 0 Å². The minimum atomic E-state index is -0.545. The van der Waals surface area contributed by atoms with Gasteiger partial charge in [0, 0.05) is 19.2 Å². The van der Waals surface area contributed by atoms with Gasteiger partial charge in [0.15, 0.2) is 6.10 Å². The Balaban J connectivity index is 2.01. The van der Waals surface area contributed by atoms with E-state index in [0.717, 1.165) is 16.9 Å². The van der Waals surface area contributed by atoms with Crippen molar-refractivity contribution in [3.05, 3.63) is 59.7 Å². The molecule has 0 aliphatic rings. The van der Waals surface area contributed by atoms with E-state index in [2.05, 4.69) is 0 Å². The van der Waals surface area contributed by atoms with Crippen molar-refractivity contribution >= 4 is 5.91 Å². The summed E-state index contributed by atoms with van der Waals surface area (Å²) < 4.78 is 11.1. The Morgan fingerprint density at radius 3 is 2.61 bits per heavy atom. The molecule has 23 heavy (non-hydrogen) atoms. The molecule has 0 N–H and O–H groups in total. The number of hydrogen-bond donors (Lipinski definition) is 0. The van der Waals surface area contributed by atoms with Crippen LogP contribution in [0.4, 0.5) is 0 Å². The molecule has 2 aromatic rings. The predicted molar refractivity (Wildman–Crippen MR) is 90.7 cm³/mol. The molecule has 0 fully saturated rings. The first kappa shape index (κ1) is 16.9. The molecule has 1 atom stereocenters. The predicted octanol–water partition coefficient (Wildman–Crippen LogP) is 3.43. The van der Waals surface area contributed by atoms with E-state index >= 15 is 0 Å². The number of benzene rings is 2. The summed E-state index contributed by atoms with van der Waals surface area (Å²) in [7, 11) is 3.40. The van der Waals surface area contributed by atoms with E-state index in [0.29, 0.717) is 12.3 Å². The number of hydrogen-bond acceptors (Lipinski definition) is 3. The van der Waals surface area contributed by atoms with Crippen LogP contribution >= 0.6 is 0 Å². The second-order valence-corrected chi connectivity index (χ2v) is 5.58. The molecule has 2 rings (SSSR count). The second kappa shape index (κ2) is 7.68. The molecule has 0 unspecified atom stereocenters. The molecule has 1 amide bonds. The fourth-order valence-electron chi connectivity index (χ4n) is 2.42. The van der Waals surface area contributed by atoms with Crippen LogP contribution in [0, 0.1) is 6.92 Å². The third-order valence-corrected chi connectivity index (χ3v) is 3.63. The highest BCUT2D eigenvalue weighted by Gasteiger charge is 2.20. The first-order valence-corrected chi connectivity index (χ1v) is 7.61. The van der Waals surface area contributed by atoms with Gasteiger partial charge in [-0.25, -0.2) is 0 Å². The molecule has 0 saturated heterocycles. The maximum atomic E-state index is 12.5. The molecule has 0 aliphatic carbocycles. The zero-order chi connectivity index (χ0) is 16.8. The van der Waals surface area contributed by atoms with Gasteiger partial charge in [0.1, 0.15) is 11.5 Å². The molecule has 4 heteroatoms. The van der Waals surface area contributed by atoms with Crippen molar-refractivity contribution in [3.8, 4) is 11.5 Å². The number of ether oxygens (including phenoxy) is 2. The summed E-state index contributed by atoms with van der Waals surface area (Å²) in [6.45, 7) is 4.24. The number of methoxy groups -OCH3 is 1. The number of amides is 1. The normalized spacial score (nSPS) is 11.7. The molecule has 0 radical (unpaired) electrons. The van der Waals surface area contributed by atoms with Crippen LogP contribution in [0.1, 0.15) is 18.1 Å². The lowest BCUT2D eigenvalue weighted by molar-refractivity contribution is -0.137. The van der Waals surface area contributed by atoms with Crippen LogP contribution in [-0.4, -0.2) is 31.1 Å². The highest BCUT2D eigenvalue weighted by atomic mass is 16.5. The van der Waals surface area contributed by atoms with Crippen LogP contribution in [-0.2, 0) is 11.3 Å². The van der Waals surface area contributed by atoms with Crippen LogP contribution in [0.3, 0.4) is 0 Å². The lowest BCUT2D eigenvalue weighted by Gasteiger charge is -2.23. The topological polar surface area (TPSA) is 38.8 Å². The van der Waals surface area contributed by atoms with Crippen molar-refractivity contribution in [3.63, 3.8) is 0 Å². The Kier molecular flexibility index (Phi) is 5.63. The van der Waals surface area contributed by atoms with E-state index in [1.807, 2.05) is 55.5 Å². The van der Waals surface area contributed by atoms with Gasteiger partial charge in [-0.05, 0) is 37.6 Å². The number of carbonyl (C=O) groups excluding carboxylic acids is 1. The summed E-state index contributed by atoms with van der Waals surface area (Å²) in [4.78, 5) is 14.1. The number of rotatable bonds is 6. The number of para-hydroxylation sites is 1. The lowest BCUT2D eigenvalue weighted by Crippen LogP contribution is -2.37. The van der Waals surface area contributed by atoms with Crippen molar-refractivity contribution in [2.75, 3.05) is 14.2 Å². The largest absolute Gasteiger partial charge is 0.496 e. The Morgan fingerprint density at radius 2 is 1.91 bits per heavy atom. The van der Waals surface area contributed by atoms with Crippen LogP contribution in [0.15, 0.2) is 48.5 Å². The molecule has 0 spiro atoms. The maximum absolute atomic E-state index is 12.5. The maximum Gasteiger partial charge on any atom is 0.263 e. The van der Waals surface area contributed by atoms with Crippen molar-refractivity contribution in [2.45, 2.75) is 26.5 Å². The fourth-order valence-corrected chi connectivity index (χ4v) is 2.42. The van der Waals surface area contributed by atoms with Gasteiger partial charge in [-0.1, -0.05) is 30.3 Å². The Morgan fingerprint density at radius 1 is 1.17 bits per heavy atom. The summed E-state index contributed by atoms with van der Waals surface area (Å²) in [6, 6.07) is 15.4. The summed E-state index contributed by atoms with van der Waals surface area (Å²) in [5, 5.41) is 0. The number of nitrogens with zero attached hydrogens (tertiary/aromatic N) is 1. The molecule has 0 bridgehead atoms. The van der Waals surface area contributed by atoms with Gasteiger partial charge in [-0.3, -0.25) is 4.79 Å². The minimum Gasteiger partial charge on any atom is -0.496 e. The number of likely N-dealkylation sites (N-methyl/N-ethyl adjacent to an activating group) is 1. The van der Waals surface area contributed by atoms with E-state index in [1.54, 1.807) is 26.0 Å². The van der Waals surface area contributed by atoms with Crippen molar-refractivity contribution in [2.24, 2.45) is 0 Å². The molecular weight excluding hydrogens is 290 g/mol. The SMILES string of the molecule is COc1ccccc1CN(C)C(=O)[C@H](C)Oc1cccc(C)c1. The fraction of sp³-hybridized carbons (Fsp3) is 0.316. The van der Waals surface area contributed by atoms with Crippen LogP contribution in [0.25, 0.3) is 0 Å². The quantitative estimate of drug-likeness (QED) is 0.820. The lowest BCUT2D eigenvalue weighted by atomic mass is 10.2. The number of carbonyl (C=O) groups is 1. The van der Waals surface area contributed by atoms with Crippen molar-refractivity contribution in [1.82, 2.24) is 4.90 Å². The Bertz CT molecular complexity index is 669. The first-order chi connectivity index (χ1) is 11.0. The zero-order valence-corrected chi connectivity index (χ0v) is 14.1. The molecule has 0 aliphatic heterocycles. The van der Waals surface area contributed by atoms with Gasteiger partial charge in [-0.2, -0.15) is 0 Å². The zero-order valence-electron chi connectivity index (χ0n) is 14.1. The summed E-state index contributed by atoms with van der Waals surface area (Å²) >= 11 is 0. The van der Waals surface area contributed by atoms with E-state index in [-0.39, 0.29) is 5.91 Å². The second-order valence-electron chi connectivity index (χ2n) is 5.58. The molecular formula is C19H23NO3. The summed E-state index contributed by atoms with van der Waals surface area (Å²) in [5.74, 6) is 1.41.